The zero-order valence-corrected chi connectivity index (χ0v) is 8.18. The first-order chi connectivity index (χ1) is 6.74. The molecule has 2 heterocycles. The number of rotatable bonds is 3. The zero-order valence-electron chi connectivity index (χ0n) is 8.18. The molecule has 0 unspecified atom stereocenters. The number of hydrogen-bond acceptors (Lipinski definition) is 4. The van der Waals surface area contributed by atoms with Crippen LogP contribution in [0.15, 0.2) is 18.6 Å². The van der Waals surface area contributed by atoms with E-state index in [9.17, 15) is 0 Å². The van der Waals surface area contributed by atoms with Crippen molar-refractivity contribution in [2.45, 2.75) is 6.54 Å². The lowest BCUT2D eigenvalue weighted by Gasteiger charge is -1.97. The summed E-state index contributed by atoms with van der Waals surface area (Å²) in [5.74, 6) is 0. The topological polar surface area (TPSA) is 60.6 Å². The molecule has 0 aliphatic carbocycles. The molecular weight excluding hydrogens is 180 g/mol. The van der Waals surface area contributed by atoms with Crippen molar-refractivity contribution < 1.29 is 0 Å². The van der Waals surface area contributed by atoms with Gasteiger partial charge in [0.05, 0.1) is 18.4 Å². The van der Waals surface area contributed by atoms with E-state index in [1.807, 2.05) is 26.5 Å². The molecule has 1 N–H and O–H groups in total. The lowest BCUT2D eigenvalue weighted by molar-refractivity contribution is 0.713. The fraction of sp³-hybridized carbons (Fsp3) is 0.375. The van der Waals surface area contributed by atoms with Crippen LogP contribution in [0, 0.1) is 0 Å². The van der Waals surface area contributed by atoms with E-state index in [1.165, 1.54) is 0 Å². The van der Waals surface area contributed by atoms with E-state index in [0.717, 1.165) is 11.4 Å². The third-order valence-electron chi connectivity index (χ3n) is 1.83. The molecule has 0 amide bonds. The van der Waals surface area contributed by atoms with Gasteiger partial charge in [-0.1, -0.05) is 5.21 Å². The Labute approximate surface area is 81.5 Å². The molecule has 0 radical (unpaired) electrons. The molecular formula is C8H12N6. The summed E-state index contributed by atoms with van der Waals surface area (Å²) in [7, 11) is 3.73. The van der Waals surface area contributed by atoms with Gasteiger partial charge in [0.25, 0.3) is 0 Å². The Morgan fingerprint density at radius 3 is 2.71 bits per heavy atom. The van der Waals surface area contributed by atoms with Crippen LogP contribution in [0.3, 0.4) is 0 Å². The molecule has 74 valence electrons. The SMILES string of the molecule is Cn1cc(NCc2cn(C)nn2)cn1. The minimum Gasteiger partial charge on any atom is -0.377 e. The van der Waals surface area contributed by atoms with Crippen LogP contribution in [0.1, 0.15) is 5.69 Å². The van der Waals surface area contributed by atoms with Gasteiger partial charge in [0.15, 0.2) is 0 Å². The Kier molecular flexibility index (Phi) is 2.18. The van der Waals surface area contributed by atoms with Gasteiger partial charge in [-0.25, -0.2) is 0 Å². The highest BCUT2D eigenvalue weighted by Gasteiger charge is 1.99. The van der Waals surface area contributed by atoms with Gasteiger partial charge >= 0.3 is 0 Å². The molecule has 6 nitrogen and oxygen atoms in total. The number of aromatic nitrogens is 5. The summed E-state index contributed by atoms with van der Waals surface area (Å²) < 4.78 is 3.43. The van der Waals surface area contributed by atoms with Crippen LogP contribution in [-0.4, -0.2) is 24.8 Å². The number of hydrogen-bond donors (Lipinski definition) is 1. The Bertz CT molecular complexity index is 375. The highest BCUT2D eigenvalue weighted by atomic mass is 15.4. The molecule has 2 rings (SSSR count). The normalized spacial score (nSPS) is 10.4. The van der Waals surface area contributed by atoms with Crippen LogP contribution in [-0.2, 0) is 20.6 Å². The lowest BCUT2D eigenvalue weighted by atomic mass is 10.4. The van der Waals surface area contributed by atoms with Crippen LogP contribution < -0.4 is 5.32 Å². The number of nitrogens with zero attached hydrogens (tertiary/aromatic N) is 5. The lowest BCUT2D eigenvalue weighted by Crippen LogP contribution is -1.98. The second-order valence-corrected chi connectivity index (χ2v) is 3.14. The Hall–Kier alpha value is -1.85. The average Bonchev–Trinajstić information content (AvgIpc) is 2.72. The third-order valence-corrected chi connectivity index (χ3v) is 1.83. The summed E-state index contributed by atoms with van der Waals surface area (Å²) >= 11 is 0. The molecule has 0 aliphatic heterocycles. The van der Waals surface area contributed by atoms with E-state index in [2.05, 4.69) is 20.7 Å². The van der Waals surface area contributed by atoms with Crippen molar-refractivity contribution in [3.05, 3.63) is 24.3 Å². The maximum absolute atomic E-state index is 4.05. The van der Waals surface area contributed by atoms with Crippen LogP contribution in [0.5, 0.6) is 0 Å². The maximum Gasteiger partial charge on any atom is 0.102 e. The minimum absolute atomic E-state index is 0.666. The summed E-state index contributed by atoms with van der Waals surface area (Å²) in [6.07, 6.45) is 5.57. The first-order valence-electron chi connectivity index (χ1n) is 4.32. The van der Waals surface area contributed by atoms with Gasteiger partial charge < -0.3 is 5.32 Å². The number of nitrogens with one attached hydrogen (secondary N) is 1. The summed E-state index contributed by atoms with van der Waals surface area (Å²) in [5.41, 5.74) is 1.90. The molecule has 0 bridgehead atoms. The van der Waals surface area contributed by atoms with Gasteiger partial charge in [-0.3, -0.25) is 9.36 Å². The molecule has 2 aromatic heterocycles. The summed E-state index contributed by atoms with van der Waals surface area (Å²) in [5, 5.41) is 15.0. The van der Waals surface area contributed by atoms with Crippen LogP contribution in [0.4, 0.5) is 5.69 Å². The molecule has 6 heteroatoms. The van der Waals surface area contributed by atoms with E-state index >= 15 is 0 Å². The van der Waals surface area contributed by atoms with Gasteiger partial charge in [-0.15, -0.1) is 5.10 Å². The minimum atomic E-state index is 0.666. The molecule has 0 aliphatic rings. The Morgan fingerprint density at radius 1 is 1.29 bits per heavy atom. The van der Waals surface area contributed by atoms with Crippen molar-refractivity contribution >= 4 is 5.69 Å². The van der Waals surface area contributed by atoms with E-state index in [0.29, 0.717) is 6.54 Å². The van der Waals surface area contributed by atoms with Crippen LogP contribution in [0.2, 0.25) is 0 Å². The quantitative estimate of drug-likeness (QED) is 0.752. The highest BCUT2D eigenvalue weighted by Crippen LogP contribution is 2.04. The van der Waals surface area contributed by atoms with Crippen molar-refractivity contribution in [3.8, 4) is 0 Å². The monoisotopic (exact) mass is 192 g/mol. The predicted octanol–water partition coefficient (Wildman–Crippen LogP) is 0.161. The molecule has 0 atom stereocenters. The summed E-state index contributed by atoms with van der Waals surface area (Å²) in [6.45, 7) is 0.666. The smallest absolute Gasteiger partial charge is 0.102 e. The maximum atomic E-state index is 4.05. The number of anilines is 1. The van der Waals surface area contributed by atoms with E-state index < -0.39 is 0 Å². The Morgan fingerprint density at radius 2 is 2.14 bits per heavy atom. The van der Waals surface area contributed by atoms with Gasteiger partial charge in [-0.05, 0) is 0 Å². The van der Waals surface area contributed by atoms with E-state index in [4.69, 9.17) is 0 Å². The van der Waals surface area contributed by atoms with Gasteiger partial charge in [-0.2, -0.15) is 5.10 Å². The molecule has 0 spiro atoms. The van der Waals surface area contributed by atoms with Gasteiger partial charge in [0.2, 0.25) is 0 Å². The first kappa shape index (κ1) is 8.74. The second kappa shape index (κ2) is 3.49. The fourth-order valence-electron chi connectivity index (χ4n) is 1.18. The van der Waals surface area contributed by atoms with E-state index in [1.54, 1.807) is 15.6 Å². The van der Waals surface area contributed by atoms with Crippen molar-refractivity contribution in [2.75, 3.05) is 5.32 Å². The number of aryl methyl sites for hydroxylation is 2. The molecule has 0 saturated heterocycles. The summed E-state index contributed by atoms with van der Waals surface area (Å²) in [6, 6.07) is 0. The molecule has 0 saturated carbocycles. The van der Waals surface area contributed by atoms with Crippen molar-refractivity contribution in [3.63, 3.8) is 0 Å². The highest BCUT2D eigenvalue weighted by molar-refractivity contribution is 5.38. The average molecular weight is 192 g/mol. The molecule has 0 aromatic carbocycles. The standard InChI is InChI=1S/C8H12N6/c1-13-5-7(4-10-13)9-3-8-6-14(2)12-11-8/h4-6,9H,3H2,1-2H3. The largest absolute Gasteiger partial charge is 0.377 e. The predicted molar refractivity (Wildman–Crippen MR) is 51.5 cm³/mol. The van der Waals surface area contributed by atoms with Crippen molar-refractivity contribution in [1.29, 1.82) is 0 Å². The van der Waals surface area contributed by atoms with Crippen LogP contribution >= 0.6 is 0 Å². The zero-order chi connectivity index (χ0) is 9.97. The van der Waals surface area contributed by atoms with Crippen LogP contribution in [0.25, 0.3) is 0 Å². The fourth-order valence-corrected chi connectivity index (χ4v) is 1.18. The summed E-state index contributed by atoms with van der Waals surface area (Å²) in [4.78, 5) is 0. The van der Waals surface area contributed by atoms with Gasteiger partial charge in [0.1, 0.15) is 5.69 Å². The van der Waals surface area contributed by atoms with Gasteiger partial charge in [0, 0.05) is 26.5 Å². The van der Waals surface area contributed by atoms with Crippen molar-refractivity contribution in [1.82, 2.24) is 24.8 Å². The first-order valence-corrected chi connectivity index (χ1v) is 4.32. The second-order valence-electron chi connectivity index (χ2n) is 3.14. The Balaban J connectivity index is 1.94. The molecule has 2 aromatic rings. The molecule has 14 heavy (non-hydrogen) atoms. The van der Waals surface area contributed by atoms with Crippen molar-refractivity contribution in [2.24, 2.45) is 14.1 Å². The van der Waals surface area contributed by atoms with E-state index in [-0.39, 0.29) is 0 Å². The third kappa shape index (κ3) is 1.90. The molecule has 0 fully saturated rings.